The van der Waals surface area contributed by atoms with E-state index in [1.807, 2.05) is 12.1 Å². The van der Waals surface area contributed by atoms with Crippen LogP contribution < -0.4 is 10.1 Å². The van der Waals surface area contributed by atoms with Crippen molar-refractivity contribution in [3.8, 4) is 5.75 Å². The molecule has 0 aliphatic rings. The molecule has 0 atom stereocenters. The van der Waals surface area contributed by atoms with E-state index in [0.29, 0.717) is 5.75 Å². The van der Waals surface area contributed by atoms with E-state index in [1.54, 1.807) is 13.8 Å². The maximum Gasteiger partial charge on any atom is 0.422 e. The Morgan fingerprint density at radius 1 is 1.16 bits per heavy atom. The normalized spacial score (nSPS) is 11.7. The fourth-order valence-electron chi connectivity index (χ4n) is 1.93. The number of benzene rings is 1. The van der Waals surface area contributed by atoms with E-state index in [4.69, 9.17) is 4.74 Å². The van der Waals surface area contributed by atoms with Crippen LogP contribution in [0.2, 0.25) is 0 Å². The highest BCUT2D eigenvalue weighted by Crippen LogP contribution is 2.27. The summed E-state index contributed by atoms with van der Waals surface area (Å²) in [4.78, 5) is 0. The second-order valence-corrected chi connectivity index (χ2v) is 4.64. The van der Waals surface area contributed by atoms with Crippen molar-refractivity contribution in [2.24, 2.45) is 0 Å². The number of rotatable bonds is 6. The van der Waals surface area contributed by atoms with Gasteiger partial charge >= 0.3 is 6.18 Å². The minimum Gasteiger partial charge on any atom is -0.484 e. The molecule has 0 spiro atoms. The van der Waals surface area contributed by atoms with Crippen LogP contribution in [0.25, 0.3) is 0 Å². The van der Waals surface area contributed by atoms with Crippen LogP contribution in [0.5, 0.6) is 5.75 Å². The average Bonchev–Trinajstić information content (AvgIpc) is 2.26. The van der Waals surface area contributed by atoms with E-state index in [-0.39, 0.29) is 0 Å². The molecule has 0 aliphatic carbocycles. The Labute approximate surface area is 112 Å². The van der Waals surface area contributed by atoms with Gasteiger partial charge in [-0.05, 0) is 43.5 Å². The maximum atomic E-state index is 12.2. The van der Waals surface area contributed by atoms with Crippen LogP contribution in [0.1, 0.15) is 30.0 Å². The summed E-state index contributed by atoms with van der Waals surface area (Å²) in [7, 11) is 0. The number of alkyl halides is 3. The largest absolute Gasteiger partial charge is 0.484 e. The van der Waals surface area contributed by atoms with Gasteiger partial charge in [0.1, 0.15) is 5.75 Å². The van der Waals surface area contributed by atoms with Gasteiger partial charge in [-0.2, -0.15) is 13.2 Å². The first-order valence-electron chi connectivity index (χ1n) is 6.34. The van der Waals surface area contributed by atoms with E-state index in [2.05, 4.69) is 12.2 Å². The van der Waals surface area contributed by atoms with E-state index in [0.717, 1.165) is 36.2 Å². The van der Waals surface area contributed by atoms with Gasteiger partial charge in [0.05, 0.1) is 0 Å². The van der Waals surface area contributed by atoms with Gasteiger partial charge in [-0.25, -0.2) is 0 Å². The molecule has 1 rings (SSSR count). The van der Waals surface area contributed by atoms with Crippen molar-refractivity contribution in [2.45, 2.75) is 39.9 Å². The van der Waals surface area contributed by atoms with Crippen molar-refractivity contribution in [2.75, 3.05) is 13.2 Å². The average molecular weight is 275 g/mol. The zero-order chi connectivity index (χ0) is 14.5. The lowest BCUT2D eigenvalue weighted by molar-refractivity contribution is -0.153. The molecule has 108 valence electrons. The molecule has 0 radical (unpaired) electrons. The Bertz CT molecular complexity index is 393. The van der Waals surface area contributed by atoms with Crippen LogP contribution in [-0.2, 0) is 6.54 Å². The summed E-state index contributed by atoms with van der Waals surface area (Å²) in [5.74, 6) is 0.330. The second-order valence-electron chi connectivity index (χ2n) is 4.64. The molecule has 0 fully saturated rings. The SMILES string of the molecule is CCCNCc1cc(C)c(OCC(F)(F)F)c(C)c1. The lowest BCUT2D eigenvalue weighted by Gasteiger charge is -2.15. The van der Waals surface area contributed by atoms with Crippen LogP contribution in [0.4, 0.5) is 13.2 Å². The molecule has 2 nitrogen and oxygen atoms in total. The van der Waals surface area contributed by atoms with Gasteiger partial charge in [0.25, 0.3) is 0 Å². The first kappa shape index (κ1) is 15.8. The van der Waals surface area contributed by atoms with Gasteiger partial charge in [0.2, 0.25) is 0 Å². The molecule has 0 aliphatic heterocycles. The highest BCUT2D eigenvalue weighted by atomic mass is 19.4. The van der Waals surface area contributed by atoms with Crippen LogP contribution in [-0.4, -0.2) is 19.3 Å². The molecule has 0 heterocycles. The molecule has 19 heavy (non-hydrogen) atoms. The topological polar surface area (TPSA) is 21.3 Å². The van der Waals surface area contributed by atoms with E-state index < -0.39 is 12.8 Å². The smallest absolute Gasteiger partial charge is 0.422 e. The van der Waals surface area contributed by atoms with E-state index in [1.165, 1.54) is 0 Å². The molecule has 1 aromatic rings. The molecule has 0 amide bonds. The van der Waals surface area contributed by atoms with Crippen molar-refractivity contribution in [1.29, 1.82) is 0 Å². The summed E-state index contributed by atoms with van der Waals surface area (Å²) in [5, 5.41) is 3.26. The molecule has 0 saturated heterocycles. The molecule has 5 heteroatoms. The van der Waals surface area contributed by atoms with Crippen LogP contribution >= 0.6 is 0 Å². The Balaban J connectivity index is 2.74. The quantitative estimate of drug-likeness (QED) is 0.798. The number of aryl methyl sites for hydroxylation is 2. The molecular weight excluding hydrogens is 255 g/mol. The van der Waals surface area contributed by atoms with Crippen LogP contribution in [0, 0.1) is 13.8 Å². The Morgan fingerprint density at radius 3 is 2.21 bits per heavy atom. The third-order valence-corrected chi connectivity index (χ3v) is 2.66. The minimum atomic E-state index is -4.31. The predicted molar refractivity (Wildman–Crippen MR) is 69.5 cm³/mol. The number of ether oxygens (including phenoxy) is 1. The van der Waals surface area contributed by atoms with Crippen molar-refractivity contribution < 1.29 is 17.9 Å². The van der Waals surface area contributed by atoms with Crippen molar-refractivity contribution in [3.05, 3.63) is 28.8 Å². The fraction of sp³-hybridized carbons (Fsp3) is 0.571. The van der Waals surface area contributed by atoms with Crippen molar-refractivity contribution >= 4 is 0 Å². The summed E-state index contributed by atoms with van der Waals surface area (Å²) < 4.78 is 41.3. The molecule has 0 bridgehead atoms. The Kier molecular flexibility index (Phi) is 5.66. The third kappa shape index (κ3) is 5.51. The molecule has 0 aromatic heterocycles. The lowest BCUT2D eigenvalue weighted by atomic mass is 10.1. The Hall–Kier alpha value is -1.23. The zero-order valence-electron chi connectivity index (χ0n) is 11.5. The summed E-state index contributed by atoms with van der Waals surface area (Å²) in [6, 6.07) is 3.72. The van der Waals surface area contributed by atoms with Gasteiger partial charge in [0.15, 0.2) is 6.61 Å². The summed E-state index contributed by atoms with van der Waals surface area (Å²) in [6.45, 7) is 6.00. The predicted octanol–water partition coefficient (Wildman–Crippen LogP) is 3.74. The highest BCUT2D eigenvalue weighted by Gasteiger charge is 2.29. The molecular formula is C14H20F3NO. The molecule has 1 aromatic carbocycles. The van der Waals surface area contributed by atoms with E-state index in [9.17, 15) is 13.2 Å². The Morgan fingerprint density at radius 2 is 1.74 bits per heavy atom. The number of halogens is 3. The van der Waals surface area contributed by atoms with Crippen molar-refractivity contribution in [1.82, 2.24) is 5.32 Å². The van der Waals surface area contributed by atoms with Gasteiger partial charge in [0, 0.05) is 6.54 Å². The first-order chi connectivity index (χ1) is 8.83. The van der Waals surface area contributed by atoms with Gasteiger partial charge in [-0.3, -0.25) is 0 Å². The van der Waals surface area contributed by atoms with E-state index >= 15 is 0 Å². The molecule has 0 unspecified atom stereocenters. The standard InChI is InChI=1S/C14H20F3NO/c1-4-5-18-8-12-6-10(2)13(11(3)7-12)19-9-14(15,16)17/h6-7,18H,4-5,8-9H2,1-3H3. The van der Waals surface area contributed by atoms with Gasteiger partial charge < -0.3 is 10.1 Å². The summed E-state index contributed by atoms with van der Waals surface area (Å²) in [6.07, 6.45) is -3.26. The van der Waals surface area contributed by atoms with Crippen LogP contribution in [0.3, 0.4) is 0 Å². The fourth-order valence-corrected chi connectivity index (χ4v) is 1.93. The monoisotopic (exact) mass is 275 g/mol. The van der Waals surface area contributed by atoms with Crippen LogP contribution in [0.15, 0.2) is 12.1 Å². The first-order valence-corrected chi connectivity index (χ1v) is 6.34. The molecule has 1 N–H and O–H groups in total. The number of hydrogen-bond donors (Lipinski definition) is 1. The lowest BCUT2D eigenvalue weighted by Crippen LogP contribution is -2.20. The van der Waals surface area contributed by atoms with Gasteiger partial charge in [-0.1, -0.05) is 19.1 Å². The zero-order valence-corrected chi connectivity index (χ0v) is 11.5. The number of nitrogens with one attached hydrogen (secondary N) is 1. The summed E-state index contributed by atoms with van der Waals surface area (Å²) in [5.41, 5.74) is 2.53. The minimum absolute atomic E-state index is 0.330. The molecule has 0 saturated carbocycles. The highest BCUT2D eigenvalue weighted by molar-refractivity contribution is 5.43. The third-order valence-electron chi connectivity index (χ3n) is 2.66. The summed E-state index contributed by atoms with van der Waals surface area (Å²) >= 11 is 0. The maximum absolute atomic E-state index is 12.2. The van der Waals surface area contributed by atoms with Crippen molar-refractivity contribution in [3.63, 3.8) is 0 Å². The second kappa shape index (κ2) is 6.80. The van der Waals surface area contributed by atoms with Gasteiger partial charge in [-0.15, -0.1) is 0 Å². The number of hydrogen-bond acceptors (Lipinski definition) is 2.